The largest absolute Gasteiger partial charge is 0.490 e. The lowest BCUT2D eigenvalue weighted by atomic mass is 10.0. The fourth-order valence-electron chi connectivity index (χ4n) is 4.24. The van der Waals surface area contributed by atoms with Gasteiger partial charge in [-0.1, -0.05) is 23.8 Å². The normalized spacial score (nSPS) is 18.3. The molecule has 2 N–H and O–H groups in total. The highest BCUT2D eigenvalue weighted by molar-refractivity contribution is 6.02. The molecule has 2 aromatic rings. The predicted molar refractivity (Wildman–Crippen MR) is 119 cm³/mol. The van der Waals surface area contributed by atoms with Crippen LogP contribution in [-0.2, 0) is 4.79 Å². The number of hydrogen-bond acceptors (Lipinski definition) is 5. The minimum absolute atomic E-state index is 0.116. The molecule has 3 amide bonds. The van der Waals surface area contributed by atoms with Gasteiger partial charge in [0.1, 0.15) is 0 Å². The highest BCUT2D eigenvalue weighted by Gasteiger charge is 2.29. The van der Waals surface area contributed by atoms with Crippen LogP contribution in [0.25, 0.3) is 0 Å². The molecule has 164 valence electrons. The number of nitrogens with zero attached hydrogens (tertiary/aromatic N) is 1. The lowest BCUT2D eigenvalue weighted by Gasteiger charge is -2.24. The summed E-state index contributed by atoms with van der Waals surface area (Å²) in [5.74, 6) is 1.22. The molecule has 0 aliphatic carbocycles. The first-order chi connectivity index (χ1) is 15.0. The molecule has 1 atom stereocenters. The number of anilines is 1. The number of nitrogens with one attached hydrogen (secondary N) is 2. The van der Waals surface area contributed by atoms with Crippen LogP contribution in [0.2, 0.25) is 0 Å². The average Bonchev–Trinajstić information content (AvgIpc) is 3.05. The van der Waals surface area contributed by atoms with E-state index < -0.39 is 6.03 Å². The van der Waals surface area contributed by atoms with Crippen LogP contribution >= 0.6 is 0 Å². The summed E-state index contributed by atoms with van der Waals surface area (Å²) in [7, 11) is 0. The summed E-state index contributed by atoms with van der Waals surface area (Å²) in [5, 5.41) is 5.21. The Morgan fingerprint density at radius 3 is 2.65 bits per heavy atom. The highest BCUT2D eigenvalue weighted by atomic mass is 16.5. The molecule has 4 rings (SSSR count). The fourth-order valence-corrected chi connectivity index (χ4v) is 4.24. The van der Waals surface area contributed by atoms with Crippen LogP contribution in [0, 0.1) is 13.8 Å². The van der Waals surface area contributed by atoms with E-state index in [1.165, 1.54) is 0 Å². The number of imide groups is 1. The number of carbonyl (C=O) groups excluding carboxylic acids is 2. The van der Waals surface area contributed by atoms with Crippen molar-refractivity contribution >= 4 is 17.6 Å². The maximum absolute atomic E-state index is 12.5. The summed E-state index contributed by atoms with van der Waals surface area (Å²) in [4.78, 5) is 26.9. The second kappa shape index (κ2) is 9.39. The Hall–Kier alpha value is -3.06. The van der Waals surface area contributed by atoms with E-state index in [4.69, 9.17) is 9.47 Å². The summed E-state index contributed by atoms with van der Waals surface area (Å²) < 4.78 is 11.5. The molecule has 2 heterocycles. The molecule has 0 unspecified atom stereocenters. The minimum atomic E-state index is -0.511. The first kappa shape index (κ1) is 21.2. The van der Waals surface area contributed by atoms with Gasteiger partial charge in [-0.3, -0.25) is 15.0 Å². The molecule has 2 aliphatic rings. The monoisotopic (exact) mass is 423 g/mol. The van der Waals surface area contributed by atoms with Gasteiger partial charge in [0.05, 0.1) is 19.8 Å². The van der Waals surface area contributed by atoms with E-state index in [1.807, 2.05) is 50.2 Å². The van der Waals surface area contributed by atoms with Crippen LogP contribution in [0.5, 0.6) is 11.5 Å². The van der Waals surface area contributed by atoms with E-state index in [-0.39, 0.29) is 18.5 Å². The third-order valence-corrected chi connectivity index (χ3v) is 5.75. The number of likely N-dealkylation sites (tertiary alicyclic amines) is 1. The van der Waals surface area contributed by atoms with Crippen molar-refractivity contribution < 1.29 is 19.1 Å². The Kier molecular flexibility index (Phi) is 6.42. The molecule has 7 heteroatoms. The van der Waals surface area contributed by atoms with Gasteiger partial charge in [0.15, 0.2) is 11.5 Å². The summed E-state index contributed by atoms with van der Waals surface area (Å²) in [5.41, 5.74) is 3.88. The molecule has 0 bridgehead atoms. The second-order valence-corrected chi connectivity index (χ2v) is 8.21. The van der Waals surface area contributed by atoms with E-state index in [0.29, 0.717) is 18.9 Å². The second-order valence-electron chi connectivity index (χ2n) is 8.21. The van der Waals surface area contributed by atoms with Crippen LogP contribution in [0.15, 0.2) is 36.4 Å². The van der Waals surface area contributed by atoms with Crippen molar-refractivity contribution in [3.05, 3.63) is 53.1 Å². The summed E-state index contributed by atoms with van der Waals surface area (Å²) >= 11 is 0. The summed E-state index contributed by atoms with van der Waals surface area (Å²) in [6.45, 7) is 6.20. The molecule has 1 saturated heterocycles. The molecular formula is C24H29N3O4. The summed E-state index contributed by atoms with van der Waals surface area (Å²) in [6.07, 6.45) is 2.83. The van der Waals surface area contributed by atoms with Crippen molar-refractivity contribution in [2.45, 2.75) is 39.2 Å². The van der Waals surface area contributed by atoms with E-state index >= 15 is 0 Å². The van der Waals surface area contributed by atoms with Gasteiger partial charge in [0.25, 0.3) is 0 Å². The van der Waals surface area contributed by atoms with E-state index in [2.05, 4.69) is 15.5 Å². The van der Waals surface area contributed by atoms with E-state index in [0.717, 1.165) is 54.0 Å². The molecule has 31 heavy (non-hydrogen) atoms. The van der Waals surface area contributed by atoms with E-state index in [1.54, 1.807) is 0 Å². The standard InChI is InChI=1S/C24H29N3O4/c1-16-6-8-19(17(2)13-16)25-24(29)26-23(28)15-27-10-3-5-20(27)18-7-9-21-22(14-18)31-12-4-11-30-21/h6-9,13-14,20H,3-5,10-12,15H2,1-2H3,(H2,25,26,28,29)/t20-/m0/s1. The molecule has 1 fully saturated rings. The van der Waals surface area contributed by atoms with Crippen LogP contribution in [-0.4, -0.2) is 43.1 Å². The molecule has 2 aliphatic heterocycles. The third-order valence-electron chi connectivity index (χ3n) is 5.75. The quantitative estimate of drug-likeness (QED) is 0.778. The predicted octanol–water partition coefficient (Wildman–Crippen LogP) is 3.95. The third kappa shape index (κ3) is 5.17. The van der Waals surface area contributed by atoms with Crippen molar-refractivity contribution in [2.75, 3.05) is 31.6 Å². The minimum Gasteiger partial charge on any atom is -0.490 e. The fraction of sp³-hybridized carbons (Fsp3) is 0.417. The van der Waals surface area contributed by atoms with Crippen LogP contribution in [0.1, 0.15) is 42.0 Å². The van der Waals surface area contributed by atoms with Crippen LogP contribution < -0.4 is 20.1 Å². The Balaban J connectivity index is 1.36. The van der Waals surface area contributed by atoms with Gasteiger partial charge in [-0.25, -0.2) is 4.79 Å². The molecule has 0 saturated carbocycles. The molecule has 0 spiro atoms. The van der Waals surface area contributed by atoms with Gasteiger partial charge in [-0.2, -0.15) is 0 Å². The Bertz CT molecular complexity index is 975. The lowest BCUT2D eigenvalue weighted by molar-refractivity contribution is -0.121. The molecule has 0 radical (unpaired) electrons. The highest BCUT2D eigenvalue weighted by Crippen LogP contribution is 2.37. The molecule has 0 aromatic heterocycles. The smallest absolute Gasteiger partial charge is 0.325 e. The van der Waals surface area contributed by atoms with Gasteiger partial charge >= 0.3 is 6.03 Å². The van der Waals surface area contributed by atoms with Crippen molar-refractivity contribution in [3.63, 3.8) is 0 Å². The van der Waals surface area contributed by atoms with Crippen LogP contribution in [0.4, 0.5) is 10.5 Å². The number of benzene rings is 2. The van der Waals surface area contributed by atoms with Crippen molar-refractivity contribution in [1.29, 1.82) is 0 Å². The van der Waals surface area contributed by atoms with Crippen molar-refractivity contribution in [2.24, 2.45) is 0 Å². The number of amides is 3. The van der Waals surface area contributed by atoms with Crippen molar-refractivity contribution in [3.8, 4) is 11.5 Å². The lowest BCUT2D eigenvalue weighted by Crippen LogP contribution is -2.41. The number of carbonyl (C=O) groups is 2. The number of urea groups is 1. The number of rotatable bonds is 4. The number of hydrogen-bond donors (Lipinski definition) is 2. The zero-order chi connectivity index (χ0) is 21.8. The van der Waals surface area contributed by atoms with E-state index in [9.17, 15) is 9.59 Å². The number of aryl methyl sites for hydroxylation is 2. The van der Waals surface area contributed by atoms with Crippen molar-refractivity contribution in [1.82, 2.24) is 10.2 Å². The first-order valence-electron chi connectivity index (χ1n) is 10.8. The Labute approximate surface area is 182 Å². The molecule has 7 nitrogen and oxygen atoms in total. The Morgan fingerprint density at radius 2 is 1.84 bits per heavy atom. The maximum atomic E-state index is 12.5. The summed E-state index contributed by atoms with van der Waals surface area (Å²) in [6, 6.07) is 11.4. The Morgan fingerprint density at radius 1 is 1.03 bits per heavy atom. The van der Waals surface area contributed by atoms with Gasteiger partial charge in [0, 0.05) is 18.2 Å². The molecule has 2 aromatic carbocycles. The SMILES string of the molecule is Cc1ccc(NC(=O)NC(=O)CN2CCC[C@H]2c2ccc3c(c2)OCCCO3)c(C)c1. The molecular weight excluding hydrogens is 394 g/mol. The zero-order valence-corrected chi connectivity index (χ0v) is 18.1. The topological polar surface area (TPSA) is 79.9 Å². The van der Waals surface area contributed by atoms with Gasteiger partial charge < -0.3 is 14.8 Å². The first-order valence-corrected chi connectivity index (χ1v) is 10.8. The zero-order valence-electron chi connectivity index (χ0n) is 18.1. The van der Waals surface area contributed by atoms with Gasteiger partial charge in [0.2, 0.25) is 5.91 Å². The number of fused-ring (bicyclic) bond motifs is 1. The van der Waals surface area contributed by atoms with Gasteiger partial charge in [-0.15, -0.1) is 0 Å². The van der Waals surface area contributed by atoms with Crippen LogP contribution in [0.3, 0.4) is 0 Å². The number of ether oxygens (including phenoxy) is 2. The maximum Gasteiger partial charge on any atom is 0.325 e. The average molecular weight is 424 g/mol. The van der Waals surface area contributed by atoms with Gasteiger partial charge in [-0.05, 0) is 62.6 Å².